The topological polar surface area (TPSA) is 19.9 Å². The molecule has 0 amide bonds. The molecule has 1 nitrogen and oxygen atoms in total. The van der Waals surface area contributed by atoms with Gasteiger partial charge in [0.05, 0.1) is 0 Å². The summed E-state index contributed by atoms with van der Waals surface area (Å²) in [6.45, 7) is 6.05. The highest BCUT2D eigenvalue weighted by molar-refractivity contribution is 6.77. The normalized spacial score (nSPS) is 20.0. The summed E-state index contributed by atoms with van der Waals surface area (Å²) in [5.74, 6) is 0. The molecule has 12 heavy (non-hydrogen) atoms. The highest BCUT2D eigenvalue weighted by Gasteiger charge is 2.29. The third-order valence-corrected chi connectivity index (χ3v) is 4.79. The van der Waals surface area contributed by atoms with Crippen LogP contribution in [0, 0.1) is 0 Å². The molecule has 0 aliphatic heterocycles. The van der Waals surface area contributed by atoms with E-state index in [9.17, 15) is 4.80 Å². The van der Waals surface area contributed by atoms with E-state index in [-0.39, 0.29) is 0 Å². The maximum absolute atomic E-state index is 11.9. The van der Waals surface area contributed by atoms with Crippen LogP contribution in [0.2, 0.25) is 13.1 Å². The molecule has 0 heterocycles. The average molecular weight is 183 g/mol. The van der Waals surface area contributed by atoms with Crippen LogP contribution < -0.4 is 0 Å². The molecule has 0 saturated carbocycles. The zero-order chi connectivity index (χ0) is 9.19. The summed E-state index contributed by atoms with van der Waals surface area (Å²) in [6.07, 6.45) is 5.96. The predicted molar refractivity (Wildman–Crippen MR) is 54.0 cm³/mol. The van der Waals surface area contributed by atoms with Crippen molar-refractivity contribution in [3.05, 3.63) is 10.8 Å². The largest absolute Gasteiger partial charge is 0.292 e. The monoisotopic (exact) mass is 183 g/mol. The Morgan fingerprint density at radius 1 is 1.25 bits per heavy atom. The fourth-order valence-electron chi connectivity index (χ4n) is 2.08. The molecule has 1 radical (unpaired) electrons. The highest BCUT2D eigenvalue weighted by Crippen LogP contribution is 2.31. The lowest BCUT2D eigenvalue weighted by Gasteiger charge is -2.25. The Bertz CT molecular complexity index is 189. The lowest BCUT2D eigenvalue weighted by Crippen LogP contribution is -2.29. The van der Waals surface area contributed by atoms with E-state index in [0.29, 0.717) is 0 Å². The van der Waals surface area contributed by atoms with Gasteiger partial charge < -0.3 is 0 Å². The molecule has 0 unspecified atom stereocenters. The van der Waals surface area contributed by atoms with Crippen LogP contribution in [0.4, 0.5) is 0 Å². The SMILES string of the molecule is CCC1=C([Si](C)(C)[O])CCCC1. The summed E-state index contributed by atoms with van der Waals surface area (Å²) < 4.78 is 0. The van der Waals surface area contributed by atoms with Crippen molar-refractivity contribution < 1.29 is 4.80 Å². The Morgan fingerprint density at radius 2 is 1.83 bits per heavy atom. The fourth-order valence-corrected chi connectivity index (χ4v) is 4.02. The van der Waals surface area contributed by atoms with Crippen molar-refractivity contribution in [3.63, 3.8) is 0 Å². The molecular weight excluding hydrogens is 164 g/mol. The first-order valence-electron chi connectivity index (χ1n) is 4.97. The third kappa shape index (κ3) is 2.20. The Labute approximate surface area is 76.6 Å². The molecule has 1 rings (SSSR count). The van der Waals surface area contributed by atoms with E-state index >= 15 is 0 Å². The van der Waals surface area contributed by atoms with Gasteiger partial charge in [-0.1, -0.05) is 17.7 Å². The van der Waals surface area contributed by atoms with Crippen molar-refractivity contribution in [1.82, 2.24) is 0 Å². The van der Waals surface area contributed by atoms with Gasteiger partial charge in [-0.3, -0.25) is 4.80 Å². The first-order valence-corrected chi connectivity index (χ1v) is 7.88. The van der Waals surface area contributed by atoms with Crippen molar-refractivity contribution in [1.29, 1.82) is 0 Å². The van der Waals surface area contributed by atoms with Gasteiger partial charge >= 0.3 is 0 Å². The molecule has 0 spiro atoms. The smallest absolute Gasteiger partial charge is 0.258 e. The van der Waals surface area contributed by atoms with Crippen molar-refractivity contribution in [2.24, 2.45) is 0 Å². The van der Waals surface area contributed by atoms with Gasteiger partial charge in [-0.25, -0.2) is 0 Å². The second-order valence-corrected chi connectivity index (χ2v) is 7.78. The molecule has 69 valence electrons. The Kier molecular flexibility index (Phi) is 3.13. The minimum absolute atomic E-state index is 1.10. The number of hydrogen-bond acceptors (Lipinski definition) is 0. The molecule has 0 aromatic carbocycles. The maximum Gasteiger partial charge on any atom is 0.258 e. The summed E-state index contributed by atoms with van der Waals surface area (Å²) in [4.78, 5) is 11.9. The standard InChI is InChI=1S/C10H19OSi/c1-4-9-7-5-6-8-10(9)12(2,3)11/h4-8H2,1-3H3. The van der Waals surface area contributed by atoms with Crippen LogP contribution in [0.3, 0.4) is 0 Å². The number of allylic oxidation sites excluding steroid dienone is 2. The van der Waals surface area contributed by atoms with E-state index in [4.69, 9.17) is 0 Å². The number of rotatable bonds is 2. The van der Waals surface area contributed by atoms with Gasteiger partial charge in [0.1, 0.15) is 0 Å². The molecule has 1 aliphatic rings. The zero-order valence-corrected chi connectivity index (χ0v) is 9.44. The van der Waals surface area contributed by atoms with E-state index < -0.39 is 8.32 Å². The van der Waals surface area contributed by atoms with E-state index in [1.54, 1.807) is 0 Å². The molecule has 0 N–H and O–H groups in total. The summed E-state index contributed by atoms with van der Waals surface area (Å²) in [5, 5.41) is 1.33. The van der Waals surface area contributed by atoms with Crippen LogP contribution >= 0.6 is 0 Å². The second-order valence-electron chi connectivity index (χ2n) is 4.15. The van der Waals surface area contributed by atoms with E-state index in [1.165, 1.54) is 30.0 Å². The first-order chi connectivity index (χ1) is 5.55. The predicted octanol–water partition coefficient (Wildman–Crippen LogP) is 3.44. The minimum atomic E-state index is -2.21. The van der Waals surface area contributed by atoms with Gasteiger partial charge in [0.2, 0.25) is 0 Å². The second kappa shape index (κ2) is 3.75. The van der Waals surface area contributed by atoms with Gasteiger partial charge in [-0.15, -0.1) is 0 Å². The highest BCUT2D eigenvalue weighted by atomic mass is 28.4. The molecule has 0 aromatic heterocycles. The Morgan fingerprint density at radius 3 is 2.25 bits per heavy atom. The fraction of sp³-hybridized carbons (Fsp3) is 0.800. The van der Waals surface area contributed by atoms with Crippen LogP contribution in [0.1, 0.15) is 39.0 Å². The molecule has 0 atom stereocenters. The lowest BCUT2D eigenvalue weighted by atomic mass is 9.97. The summed E-state index contributed by atoms with van der Waals surface area (Å²) in [5.41, 5.74) is 1.49. The molecule has 0 saturated heterocycles. The summed E-state index contributed by atoms with van der Waals surface area (Å²) in [7, 11) is -2.21. The third-order valence-electron chi connectivity index (χ3n) is 2.74. The van der Waals surface area contributed by atoms with E-state index in [1.807, 2.05) is 13.1 Å². The van der Waals surface area contributed by atoms with Gasteiger partial charge in [-0.2, -0.15) is 0 Å². The molecule has 0 bridgehead atoms. The zero-order valence-electron chi connectivity index (χ0n) is 8.44. The van der Waals surface area contributed by atoms with Crippen LogP contribution in [0.15, 0.2) is 10.8 Å². The van der Waals surface area contributed by atoms with Crippen LogP contribution in [-0.4, -0.2) is 8.32 Å². The van der Waals surface area contributed by atoms with Crippen LogP contribution in [-0.2, 0) is 4.80 Å². The van der Waals surface area contributed by atoms with Crippen molar-refractivity contribution in [2.75, 3.05) is 0 Å². The molecule has 2 heteroatoms. The molecule has 0 aromatic rings. The van der Waals surface area contributed by atoms with Crippen molar-refractivity contribution in [2.45, 2.75) is 52.1 Å². The molecule has 0 fully saturated rings. The minimum Gasteiger partial charge on any atom is -0.292 e. The van der Waals surface area contributed by atoms with Gasteiger partial charge in [0, 0.05) is 0 Å². The van der Waals surface area contributed by atoms with E-state index in [0.717, 1.165) is 12.8 Å². The first kappa shape index (κ1) is 10.0. The van der Waals surface area contributed by atoms with Crippen LogP contribution in [0.5, 0.6) is 0 Å². The van der Waals surface area contributed by atoms with Gasteiger partial charge in [0.15, 0.2) is 0 Å². The summed E-state index contributed by atoms with van der Waals surface area (Å²) >= 11 is 0. The van der Waals surface area contributed by atoms with E-state index in [2.05, 4.69) is 6.92 Å². The lowest BCUT2D eigenvalue weighted by molar-refractivity contribution is 0.432. The molecule has 1 aliphatic carbocycles. The van der Waals surface area contributed by atoms with Crippen molar-refractivity contribution >= 4 is 8.32 Å². The van der Waals surface area contributed by atoms with Crippen LogP contribution in [0.25, 0.3) is 0 Å². The number of hydrogen-bond donors (Lipinski definition) is 0. The Balaban J connectivity index is 2.87. The quantitative estimate of drug-likeness (QED) is 0.584. The maximum atomic E-state index is 11.9. The molecular formula is C10H19OSi. The van der Waals surface area contributed by atoms with Gasteiger partial charge in [0.25, 0.3) is 8.32 Å². The summed E-state index contributed by atoms with van der Waals surface area (Å²) in [6, 6.07) is 0. The van der Waals surface area contributed by atoms with Crippen molar-refractivity contribution in [3.8, 4) is 0 Å². The Hall–Kier alpha value is -0.0831. The average Bonchev–Trinajstić information content (AvgIpc) is 2.03. The van der Waals surface area contributed by atoms with Gasteiger partial charge in [-0.05, 0) is 45.2 Å².